The van der Waals surface area contributed by atoms with Crippen molar-refractivity contribution < 1.29 is 9.47 Å². The van der Waals surface area contributed by atoms with E-state index in [-0.39, 0.29) is 6.10 Å². The van der Waals surface area contributed by atoms with Gasteiger partial charge in [-0.3, -0.25) is 4.98 Å². The number of ether oxygens (including phenoxy) is 2. The second-order valence-corrected chi connectivity index (χ2v) is 4.03. The van der Waals surface area contributed by atoms with Gasteiger partial charge in [0.2, 0.25) is 0 Å². The summed E-state index contributed by atoms with van der Waals surface area (Å²) in [6, 6.07) is 3.82. The Kier molecular flexibility index (Phi) is 6.58. The molecule has 0 atom stereocenters. The molecule has 0 fully saturated rings. The van der Waals surface area contributed by atoms with Crippen molar-refractivity contribution in [2.24, 2.45) is 0 Å². The summed E-state index contributed by atoms with van der Waals surface area (Å²) >= 11 is 0. The number of hydrogen-bond acceptors (Lipinski definition) is 4. The van der Waals surface area contributed by atoms with Crippen LogP contribution in [0.1, 0.15) is 26.5 Å². The third kappa shape index (κ3) is 6.24. The van der Waals surface area contributed by atoms with Crippen molar-refractivity contribution in [1.29, 1.82) is 0 Å². The highest BCUT2D eigenvalue weighted by Gasteiger charge is 1.98. The number of pyridine rings is 1. The normalized spacial score (nSPS) is 10.8. The molecule has 0 radical (unpaired) electrons. The van der Waals surface area contributed by atoms with Crippen LogP contribution in [0, 0.1) is 0 Å². The van der Waals surface area contributed by atoms with Gasteiger partial charge in [-0.1, -0.05) is 6.92 Å². The third-order valence-corrected chi connectivity index (χ3v) is 2.15. The van der Waals surface area contributed by atoms with Gasteiger partial charge < -0.3 is 14.8 Å². The van der Waals surface area contributed by atoms with Gasteiger partial charge in [0.1, 0.15) is 12.4 Å². The zero-order chi connectivity index (χ0) is 12.5. The molecule has 4 nitrogen and oxygen atoms in total. The Hall–Kier alpha value is -1.13. The van der Waals surface area contributed by atoms with Crippen molar-refractivity contribution >= 4 is 0 Å². The molecule has 17 heavy (non-hydrogen) atoms. The Labute approximate surface area is 103 Å². The fourth-order valence-corrected chi connectivity index (χ4v) is 1.34. The molecule has 1 rings (SSSR count). The summed E-state index contributed by atoms with van der Waals surface area (Å²) < 4.78 is 11.0. The Morgan fingerprint density at radius 3 is 2.88 bits per heavy atom. The summed E-state index contributed by atoms with van der Waals surface area (Å²) in [5.74, 6) is 0.847. The lowest BCUT2D eigenvalue weighted by molar-refractivity contribution is 0.0552. The van der Waals surface area contributed by atoms with Crippen LogP contribution < -0.4 is 10.1 Å². The van der Waals surface area contributed by atoms with Gasteiger partial charge in [0.15, 0.2) is 0 Å². The monoisotopic (exact) mass is 238 g/mol. The first-order chi connectivity index (χ1) is 8.22. The molecule has 1 N–H and O–H groups in total. The standard InChI is InChI=1S/C13H22N2O2/c1-4-14-10-12-9-13(5-6-15-12)17-8-7-16-11(2)3/h5-6,9,11,14H,4,7-8,10H2,1-3H3. The minimum absolute atomic E-state index is 0.250. The quantitative estimate of drug-likeness (QED) is 0.703. The Morgan fingerprint density at radius 2 is 2.18 bits per heavy atom. The first kappa shape index (κ1) is 13.9. The summed E-state index contributed by atoms with van der Waals surface area (Å²) in [5, 5.41) is 3.23. The Balaban J connectivity index is 2.32. The van der Waals surface area contributed by atoms with Crippen molar-refractivity contribution in [2.75, 3.05) is 19.8 Å². The molecule has 0 bridgehead atoms. The molecule has 1 heterocycles. The van der Waals surface area contributed by atoms with Crippen LogP contribution >= 0.6 is 0 Å². The van der Waals surface area contributed by atoms with Gasteiger partial charge >= 0.3 is 0 Å². The maximum absolute atomic E-state index is 5.58. The molecule has 0 aliphatic carbocycles. The van der Waals surface area contributed by atoms with E-state index in [9.17, 15) is 0 Å². The molecule has 1 aromatic rings. The van der Waals surface area contributed by atoms with Crippen LogP contribution in [0.5, 0.6) is 5.75 Å². The molecule has 4 heteroatoms. The van der Waals surface area contributed by atoms with E-state index in [1.54, 1.807) is 6.20 Å². The fourth-order valence-electron chi connectivity index (χ4n) is 1.34. The third-order valence-electron chi connectivity index (χ3n) is 2.15. The van der Waals surface area contributed by atoms with E-state index in [4.69, 9.17) is 9.47 Å². The van der Waals surface area contributed by atoms with Crippen molar-refractivity contribution in [3.8, 4) is 5.75 Å². The smallest absolute Gasteiger partial charge is 0.122 e. The lowest BCUT2D eigenvalue weighted by Gasteiger charge is -2.10. The Bertz CT molecular complexity index is 316. The van der Waals surface area contributed by atoms with Crippen molar-refractivity contribution in [2.45, 2.75) is 33.4 Å². The van der Waals surface area contributed by atoms with Crippen LogP contribution in [0.15, 0.2) is 18.3 Å². The van der Waals surface area contributed by atoms with Crippen LogP contribution in [-0.2, 0) is 11.3 Å². The van der Waals surface area contributed by atoms with E-state index in [0.717, 1.165) is 24.5 Å². The number of nitrogens with zero attached hydrogens (tertiary/aromatic N) is 1. The molecule has 0 amide bonds. The minimum Gasteiger partial charge on any atom is -0.491 e. The highest BCUT2D eigenvalue weighted by atomic mass is 16.5. The van der Waals surface area contributed by atoms with Gasteiger partial charge in [0.05, 0.1) is 18.4 Å². The van der Waals surface area contributed by atoms with Gasteiger partial charge in [-0.25, -0.2) is 0 Å². The number of nitrogens with one attached hydrogen (secondary N) is 1. The number of hydrogen-bond donors (Lipinski definition) is 1. The van der Waals surface area contributed by atoms with E-state index >= 15 is 0 Å². The SMILES string of the molecule is CCNCc1cc(OCCOC(C)C)ccn1. The fraction of sp³-hybridized carbons (Fsp3) is 0.615. The van der Waals surface area contributed by atoms with E-state index in [2.05, 4.69) is 17.2 Å². The van der Waals surface area contributed by atoms with Crippen LogP contribution in [-0.4, -0.2) is 30.8 Å². The van der Waals surface area contributed by atoms with E-state index in [1.807, 2.05) is 26.0 Å². The summed E-state index contributed by atoms with van der Waals surface area (Å²) in [4.78, 5) is 4.26. The van der Waals surface area contributed by atoms with Gasteiger partial charge in [0, 0.05) is 18.8 Å². The summed E-state index contributed by atoms with van der Waals surface area (Å²) in [6.45, 7) is 9.00. The summed E-state index contributed by atoms with van der Waals surface area (Å²) in [7, 11) is 0. The lowest BCUT2D eigenvalue weighted by atomic mass is 10.3. The van der Waals surface area contributed by atoms with Gasteiger partial charge in [-0.15, -0.1) is 0 Å². The average molecular weight is 238 g/mol. The predicted molar refractivity (Wildman–Crippen MR) is 68.2 cm³/mol. The van der Waals surface area contributed by atoms with E-state index in [0.29, 0.717) is 13.2 Å². The molecule has 0 aliphatic heterocycles. The zero-order valence-electron chi connectivity index (χ0n) is 10.9. The molecule has 0 unspecified atom stereocenters. The van der Waals surface area contributed by atoms with Crippen LogP contribution in [0.3, 0.4) is 0 Å². The van der Waals surface area contributed by atoms with Crippen molar-refractivity contribution in [3.05, 3.63) is 24.0 Å². The lowest BCUT2D eigenvalue weighted by Crippen LogP contribution is -2.13. The Morgan fingerprint density at radius 1 is 1.35 bits per heavy atom. The second-order valence-electron chi connectivity index (χ2n) is 4.03. The molecule has 1 aromatic heterocycles. The van der Waals surface area contributed by atoms with Crippen LogP contribution in [0.4, 0.5) is 0 Å². The first-order valence-electron chi connectivity index (χ1n) is 6.12. The molecular formula is C13H22N2O2. The summed E-state index contributed by atoms with van der Waals surface area (Å²) in [5.41, 5.74) is 0.995. The summed E-state index contributed by atoms with van der Waals surface area (Å²) in [6.07, 6.45) is 2.02. The van der Waals surface area contributed by atoms with E-state index < -0.39 is 0 Å². The van der Waals surface area contributed by atoms with Gasteiger partial charge in [0.25, 0.3) is 0 Å². The minimum atomic E-state index is 0.250. The molecule has 0 saturated heterocycles. The zero-order valence-corrected chi connectivity index (χ0v) is 10.9. The maximum Gasteiger partial charge on any atom is 0.122 e. The molecular weight excluding hydrogens is 216 g/mol. The van der Waals surface area contributed by atoms with Gasteiger partial charge in [-0.05, 0) is 26.5 Å². The molecule has 0 saturated carbocycles. The second kappa shape index (κ2) is 8.03. The van der Waals surface area contributed by atoms with E-state index in [1.165, 1.54) is 0 Å². The highest BCUT2D eigenvalue weighted by Crippen LogP contribution is 2.10. The maximum atomic E-state index is 5.58. The average Bonchev–Trinajstić information content (AvgIpc) is 2.32. The van der Waals surface area contributed by atoms with Crippen LogP contribution in [0.2, 0.25) is 0 Å². The van der Waals surface area contributed by atoms with Crippen molar-refractivity contribution in [3.63, 3.8) is 0 Å². The molecule has 0 aromatic carbocycles. The van der Waals surface area contributed by atoms with Crippen molar-refractivity contribution in [1.82, 2.24) is 10.3 Å². The molecule has 96 valence electrons. The number of rotatable bonds is 8. The van der Waals surface area contributed by atoms with Crippen LogP contribution in [0.25, 0.3) is 0 Å². The largest absolute Gasteiger partial charge is 0.491 e. The number of aromatic nitrogens is 1. The van der Waals surface area contributed by atoms with Gasteiger partial charge in [-0.2, -0.15) is 0 Å². The highest BCUT2D eigenvalue weighted by molar-refractivity contribution is 5.22. The molecule has 0 aliphatic rings. The topological polar surface area (TPSA) is 43.4 Å². The first-order valence-corrected chi connectivity index (χ1v) is 6.12. The predicted octanol–water partition coefficient (Wildman–Crippen LogP) is 1.99. The molecule has 0 spiro atoms.